The lowest BCUT2D eigenvalue weighted by Gasteiger charge is -2.08. The third kappa shape index (κ3) is 6.37. The van der Waals surface area contributed by atoms with Crippen molar-refractivity contribution in [2.75, 3.05) is 20.3 Å². The van der Waals surface area contributed by atoms with Gasteiger partial charge < -0.3 is 15.2 Å². The largest absolute Gasteiger partial charge is 0.476 e. The van der Waals surface area contributed by atoms with Gasteiger partial charge in [-0.2, -0.15) is 23.0 Å². The maximum Gasteiger partial charge on any atom is 0.416 e. The molecule has 0 unspecified atom stereocenters. The summed E-state index contributed by atoms with van der Waals surface area (Å²) in [5, 5.41) is 17.3. The lowest BCUT2D eigenvalue weighted by molar-refractivity contribution is -0.137. The Morgan fingerprint density at radius 1 is 1.12 bits per heavy atom. The number of ether oxygens (including phenoxy) is 1. The van der Waals surface area contributed by atoms with E-state index >= 15 is 0 Å². The number of alkyl halides is 3. The van der Waals surface area contributed by atoms with Gasteiger partial charge >= 0.3 is 12.1 Å². The first kappa shape index (κ1) is 28.9. The van der Waals surface area contributed by atoms with Crippen molar-refractivity contribution in [1.82, 2.24) is 20.1 Å². The van der Waals surface area contributed by atoms with E-state index < -0.39 is 23.5 Å². The number of rotatable bonds is 10. The highest BCUT2D eigenvalue weighted by Crippen LogP contribution is 2.36. The summed E-state index contributed by atoms with van der Waals surface area (Å²) in [6, 6.07) is 9.85. The number of benzene rings is 2. The molecule has 2 heterocycles. The minimum Gasteiger partial charge on any atom is -0.476 e. The summed E-state index contributed by atoms with van der Waals surface area (Å²) in [5.74, 6) is -2.14. The normalized spacial score (nSPS) is 11.6. The van der Waals surface area contributed by atoms with Crippen molar-refractivity contribution in [3.8, 4) is 27.5 Å². The standard InChI is InChI=1S/C27H24F4N4O4S/c1-15-22(17-4-3-5-19(28)14-17)24(25(37)38)35(34-15)26-33-23(16-6-8-18(9-7-16)27(29,30)31)20(40-26)10-11-21(36)32-12-13-39-2/h3-9,14H,10-13H2,1-2H3,(H,32,36)(H,37,38). The van der Waals surface area contributed by atoms with Crippen LogP contribution in [0.5, 0.6) is 0 Å². The second-order valence-corrected chi connectivity index (χ2v) is 9.78. The maximum atomic E-state index is 13.9. The van der Waals surface area contributed by atoms with Crippen LogP contribution in [0.2, 0.25) is 0 Å². The zero-order valence-corrected chi connectivity index (χ0v) is 22.2. The highest BCUT2D eigenvalue weighted by Gasteiger charge is 2.31. The molecule has 13 heteroatoms. The van der Waals surface area contributed by atoms with Gasteiger partial charge in [-0.15, -0.1) is 0 Å². The third-order valence-corrected chi connectivity index (χ3v) is 7.03. The van der Waals surface area contributed by atoms with E-state index in [1.807, 2.05) is 0 Å². The Balaban J connectivity index is 1.79. The molecule has 0 radical (unpaired) electrons. The molecular formula is C27H24F4N4O4S. The number of hydrogen-bond acceptors (Lipinski definition) is 6. The summed E-state index contributed by atoms with van der Waals surface area (Å²) >= 11 is 1.06. The van der Waals surface area contributed by atoms with Crippen LogP contribution < -0.4 is 5.32 Å². The molecule has 0 aliphatic heterocycles. The number of methoxy groups -OCH3 is 1. The van der Waals surface area contributed by atoms with Crippen LogP contribution in [-0.4, -0.2) is 52.0 Å². The van der Waals surface area contributed by atoms with Gasteiger partial charge in [0.05, 0.1) is 23.6 Å². The molecule has 0 aliphatic rings. The number of carboxylic acid groups (broad SMARTS) is 1. The van der Waals surface area contributed by atoms with Crippen LogP contribution in [-0.2, 0) is 22.1 Å². The number of carboxylic acids is 1. The Labute approximate surface area is 230 Å². The smallest absolute Gasteiger partial charge is 0.416 e. The van der Waals surface area contributed by atoms with E-state index in [2.05, 4.69) is 15.4 Å². The second kappa shape index (κ2) is 12.0. The number of amides is 1. The summed E-state index contributed by atoms with van der Waals surface area (Å²) < 4.78 is 59.4. The Morgan fingerprint density at radius 2 is 1.85 bits per heavy atom. The van der Waals surface area contributed by atoms with Crippen molar-refractivity contribution in [2.45, 2.75) is 25.9 Å². The number of aromatic nitrogens is 3. The average Bonchev–Trinajstić information content (AvgIpc) is 3.48. The summed E-state index contributed by atoms with van der Waals surface area (Å²) in [5.41, 5.74) is 0.409. The van der Waals surface area contributed by atoms with Crippen LogP contribution in [0.1, 0.15) is 33.0 Å². The molecule has 0 atom stereocenters. The van der Waals surface area contributed by atoms with E-state index in [9.17, 15) is 32.3 Å². The van der Waals surface area contributed by atoms with Crippen molar-refractivity contribution in [2.24, 2.45) is 0 Å². The van der Waals surface area contributed by atoms with Gasteiger partial charge in [0.25, 0.3) is 0 Å². The van der Waals surface area contributed by atoms with Gasteiger partial charge in [0.2, 0.25) is 11.0 Å². The van der Waals surface area contributed by atoms with E-state index in [4.69, 9.17) is 4.74 Å². The Bertz CT molecular complexity index is 1530. The summed E-state index contributed by atoms with van der Waals surface area (Å²) in [6.07, 6.45) is -4.28. The average molecular weight is 577 g/mol. The monoisotopic (exact) mass is 576 g/mol. The summed E-state index contributed by atoms with van der Waals surface area (Å²) in [6.45, 7) is 2.22. The molecule has 2 aromatic heterocycles. The van der Waals surface area contributed by atoms with E-state index in [1.54, 1.807) is 13.0 Å². The number of thiazole rings is 1. The lowest BCUT2D eigenvalue weighted by atomic mass is 10.0. The van der Waals surface area contributed by atoms with Crippen molar-refractivity contribution in [1.29, 1.82) is 0 Å². The Morgan fingerprint density at radius 3 is 2.48 bits per heavy atom. The number of aryl methyl sites for hydroxylation is 2. The van der Waals surface area contributed by atoms with E-state index in [0.717, 1.165) is 28.2 Å². The SMILES string of the molecule is COCCNC(=O)CCc1sc(-n2nc(C)c(-c3cccc(F)c3)c2C(=O)O)nc1-c1ccc(C(F)(F)F)cc1. The molecule has 2 N–H and O–H groups in total. The van der Waals surface area contributed by atoms with Crippen molar-refractivity contribution in [3.63, 3.8) is 0 Å². The molecular weight excluding hydrogens is 552 g/mol. The minimum atomic E-state index is -4.52. The first-order chi connectivity index (χ1) is 19.0. The molecule has 0 fully saturated rings. The molecule has 0 spiro atoms. The van der Waals surface area contributed by atoms with Crippen LogP contribution >= 0.6 is 11.3 Å². The van der Waals surface area contributed by atoms with Crippen LogP contribution in [0.25, 0.3) is 27.5 Å². The van der Waals surface area contributed by atoms with Crippen LogP contribution in [0, 0.1) is 12.7 Å². The first-order valence-corrected chi connectivity index (χ1v) is 12.8. The van der Waals surface area contributed by atoms with Gasteiger partial charge in [-0.05, 0) is 43.2 Å². The molecule has 1 amide bonds. The molecule has 2 aromatic carbocycles. The molecule has 8 nitrogen and oxygen atoms in total. The fourth-order valence-electron chi connectivity index (χ4n) is 4.10. The number of hydrogen-bond donors (Lipinski definition) is 2. The van der Waals surface area contributed by atoms with Crippen LogP contribution in [0.3, 0.4) is 0 Å². The number of aromatic carboxylic acids is 1. The second-order valence-electron chi connectivity index (χ2n) is 8.72. The lowest BCUT2D eigenvalue weighted by Crippen LogP contribution is -2.27. The predicted molar refractivity (Wildman–Crippen MR) is 140 cm³/mol. The zero-order valence-electron chi connectivity index (χ0n) is 21.4. The van der Waals surface area contributed by atoms with E-state index in [0.29, 0.717) is 40.5 Å². The number of carbonyl (C=O) groups excluding carboxylic acids is 1. The van der Waals surface area contributed by atoms with Gasteiger partial charge in [0.15, 0.2) is 5.69 Å². The maximum absolute atomic E-state index is 13.9. The molecule has 0 saturated carbocycles. The molecule has 0 aliphatic carbocycles. The van der Waals surface area contributed by atoms with Gasteiger partial charge in [0.1, 0.15) is 5.82 Å². The van der Waals surface area contributed by atoms with E-state index in [-0.39, 0.29) is 35.1 Å². The molecule has 0 bridgehead atoms. The van der Waals surface area contributed by atoms with Crippen LogP contribution in [0.4, 0.5) is 17.6 Å². The number of halogens is 4. The topological polar surface area (TPSA) is 106 Å². The van der Waals surface area contributed by atoms with Gasteiger partial charge in [-0.1, -0.05) is 35.6 Å². The number of nitrogens with zero attached hydrogens (tertiary/aromatic N) is 3. The zero-order chi connectivity index (χ0) is 29.0. The summed E-state index contributed by atoms with van der Waals surface area (Å²) in [7, 11) is 1.50. The molecule has 4 aromatic rings. The number of nitrogens with one attached hydrogen (secondary N) is 1. The molecule has 4 rings (SSSR count). The van der Waals surface area contributed by atoms with Crippen molar-refractivity contribution in [3.05, 3.63) is 76.2 Å². The summed E-state index contributed by atoms with van der Waals surface area (Å²) in [4.78, 5) is 29.8. The van der Waals surface area contributed by atoms with Gasteiger partial charge in [-0.25, -0.2) is 14.2 Å². The fourth-order valence-corrected chi connectivity index (χ4v) is 5.14. The predicted octanol–water partition coefficient (Wildman–Crippen LogP) is 5.52. The Kier molecular flexibility index (Phi) is 8.64. The first-order valence-electron chi connectivity index (χ1n) is 12.0. The molecule has 210 valence electrons. The van der Waals surface area contributed by atoms with Gasteiger partial charge in [-0.3, -0.25) is 4.79 Å². The fraction of sp³-hybridized carbons (Fsp3) is 0.259. The van der Waals surface area contributed by atoms with E-state index in [1.165, 1.54) is 37.4 Å². The van der Waals surface area contributed by atoms with Crippen molar-refractivity contribution >= 4 is 23.2 Å². The third-order valence-electron chi connectivity index (χ3n) is 5.94. The quantitative estimate of drug-likeness (QED) is 0.190. The minimum absolute atomic E-state index is 0.0530. The Hall–Kier alpha value is -4.10. The molecule has 0 saturated heterocycles. The van der Waals surface area contributed by atoms with Gasteiger partial charge in [0, 0.05) is 36.1 Å². The number of carbonyl (C=O) groups is 2. The van der Waals surface area contributed by atoms with Crippen LogP contribution in [0.15, 0.2) is 48.5 Å². The highest BCUT2D eigenvalue weighted by atomic mass is 32.1. The highest BCUT2D eigenvalue weighted by molar-refractivity contribution is 7.14. The van der Waals surface area contributed by atoms with Crippen molar-refractivity contribution < 1.29 is 37.0 Å². The molecule has 40 heavy (non-hydrogen) atoms.